The molecular formula is C22H19BrO2S. The Balaban J connectivity index is 2.13. The molecule has 3 rings (SSSR count). The predicted molar refractivity (Wildman–Crippen MR) is 111 cm³/mol. The molecule has 4 heteroatoms. The largest absolute Gasteiger partial charge is 0.218 e. The van der Waals surface area contributed by atoms with Gasteiger partial charge in [0.2, 0.25) is 9.84 Å². The first kappa shape index (κ1) is 18.6. The first-order valence-electron chi connectivity index (χ1n) is 8.28. The van der Waals surface area contributed by atoms with Crippen LogP contribution in [-0.4, -0.2) is 8.42 Å². The van der Waals surface area contributed by atoms with Crippen molar-refractivity contribution in [3.05, 3.63) is 105 Å². The van der Waals surface area contributed by atoms with Gasteiger partial charge < -0.3 is 0 Å². The first-order valence-corrected chi connectivity index (χ1v) is 10.6. The van der Waals surface area contributed by atoms with Crippen molar-refractivity contribution >= 4 is 31.3 Å². The van der Waals surface area contributed by atoms with Crippen LogP contribution in [0.5, 0.6) is 0 Å². The van der Waals surface area contributed by atoms with Crippen LogP contribution in [0.3, 0.4) is 0 Å². The fourth-order valence-electron chi connectivity index (χ4n) is 2.71. The molecule has 0 aliphatic heterocycles. The van der Waals surface area contributed by atoms with Gasteiger partial charge in [0, 0.05) is 0 Å². The van der Waals surface area contributed by atoms with E-state index in [0.29, 0.717) is 6.42 Å². The number of hydrogen-bond donors (Lipinski definition) is 0. The van der Waals surface area contributed by atoms with Crippen molar-refractivity contribution in [3.8, 4) is 0 Å². The number of benzene rings is 3. The highest BCUT2D eigenvalue weighted by molar-refractivity contribution is 9.13. The number of sulfone groups is 1. The van der Waals surface area contributed by atoms with Crippen molar-refractivity contribution in [1.82, 2.24) is 0 Å². The van der Waals surface area contributed by atoms with Gasteiger partial charge in [-0.15, -0.1) is 0 Å². The van der Waals surface area contributed by atoms with Crippen LogP contribution in [0.15, 0.2) is 93.6 Å². The van der Waals surface area contributed by atoms with Gasteiger partial charge in [-0.1, -0.05) is 78.4 Å². The second-order valence-corrected chi connectivity index (χ2v) is 9.30. The summed E-state index contributed by atoms with van der Waals surface area (Å²) in [5.41, 5.74) is 3.72. The Morgan fingerprint density at radius 2 is 1.35 bits per heavy atom. The molecule has 0 aliphatic carbocycles. The maximum atomic E-state index is 13.1. The molecule has 0 heterocycles. The summed E-state index contributed by atoms with van der Waals surface area (Å²) in [5, 5.41) is 0. The molecule has 0 saturated heterocycles. The fraction of sp³-hybridized carbons (Fsp3) is 0.0909. The van der Waals surface area contributed by atoms with E-state index in [1.807, 2.05) is 79.7 Å². The summed E-state index contributed by atoms with van der Waals surface area (Å²) in [5.74, 6) is 0. The van der Waals surface area contributed by atoms with Gasteiger partial charge in [0.15, 0.2) is 0 Å². The number of rotatable bonds is 5. The minimum Gasteiger partial charge on any atom is -0.218 e. The van der Waals surface area contributed by atoms with Crippen LogP contribution in [0, 0.1) is 6.92 Å². The third-order valence-corrected chi connectivity index (χ3v) is 7.52. The molecule has 0 bridgehead atoms. The topological polar surface area (TPSA) is 34.1 Å². The van der Waals surface area contributed by atoms with E-state index in [0.717, 1.165) is 22.3 Å². The van der Waals surface area contributed by atoms with E-state index >= 15 is 0 Å². The molecule has 132 valence electrons. The Bertz CT molecular complexity index is 1010. The van der Waals surface area contributed by atoms with Gasteiger partial charge in [0.1, 0.15) is 3.81 Å². The molecule has 0 N–H and O–H groups in total. The van der Waals surface area contributed by atoms with Crippen LogP contribution >= 0.6 is 15.9 Å². The van der Waals surface area contributed by atoms with Crippen LogP contribution in [0.2, 0.25) is 0 Å². The number of halogens is 1. The number of allylic oxidation sites excluding steroid dienone is 1. The minimum absolute atomic E-state index is 0.212. The lowest BCUT2D eigenvalue weighted by Crippen LogP contribution is -2.05. The van der Waals surface area contributed by atoms with Gasteiger partial charge in [-0.2, -0.15) is 0 Å². The molecule has 0 saturated carbocycles. The van der Waals surface area contributed by atoms with Crippen LogP contribution in [-0.2, 0) is 16.3 Å². The molecule has 0 aliphatic rings. The van der Waals surface area contributed by atoms with E-state index in [-0.39, 0.29) is 8.71 Å². The summed E-state index contributed by atoms with van der Waals surface area (Å²) in [6, 6.07) is 26.4. The second-order valence-electron chi connectivity index (χ2n) is 6.10. The van der Waals surface area contributed by atoms with E-state index in [1.165, 1.54) is 0 Å². The molecule has 0 unspecified atom stereocenters. The molecule has 0 spiro atoms. The Morgan fingerprint density at radius 1 is 0.808 bits per heavy atom. The molecule has 0 fully saturated rings. The van der Waals surface area contributed by atoms with Crippen molar-refractivity contribution in [3.63, 3.8) is 0 Å². The quantitative estimate of drug-likeness (QED) is 0.518. The van der Waals surface area contributed by atoms with Gasteiger partial charge in [0.25, 0.3) is 0 Å². The molecule has 0 aromatic heterocycles. The molecular weight excluding hydrogens is 408 g/mol. The number of aryl methyl sites for hydroxylation is 1. The average Bonchev–Trinajstić information content (AvgIpc) is 2.67. The van der Waals surface area contributed by atoms with Crippen LogP contribution < -0.4 is 0 Å². The van der Waals surface area contributed by atoms with Crippen molar-refractivity contribution in [1.29, 1.82) is 0 Å². The van der Waals surface area contributed by atoms with E-state index in [1.54, 1.807) is 12.1 Å². The molecule has 0 amide bonds. The van der Waals surface area contributed by atoms with Gasteiger partial charge in [-0.05, 0) is 58.1 Å². The Kier molecular flexibility index (Phi) is 5.74. The molecule has 3 aromatic carbocycles. The van der Waals surface area contributed by atoms with E-state index in [4.69, 9.17) is 0 Å². The van der Waals surface area contributed by atoms with E-state index in [2.05, 4.69) is 15.9 Å². The monoisotopic (exact) mass is 426 g/mol. The van der Waals surface area contributed by atoms with Crippen LogP contribution in [0.4, 0.5) is 0 Å². The third-order valence-electron chi connectivity index (χ3n) is 4.15. The van der Waals surface area contributed by atoms with Crippen molar-refractivity contribution in [2.75, 3.05) is 0 Å². The Morgan fingerprint density at radius 3 is 1.92 bits per heavy atom. The molecule has 2 nitrogen and oxygen atoms in total. The summed E-state index contributed by atoms with van der Waals surface area (Å²) < 4.78 is 26.5. The Labute approximate surface area is 163 Å². The SMILES string of the molecule is Cc1ccc(S(=O)(=O)/C(Br)=C(/Cc2ccccc2)c2ccccc2)cc1. The maximum Gasteiger partial charge on any atom is 0.213 e. The summed E-state index contributed by atoms with van der Waals surface area (Å²) in [4.78, 5) is 0.288. The lowest BCUT2D eigenvalue weighted by Gasteiger charge is -2.13. The highest BCUT2D eigenvalue weighted by Gasteiger charge is 2.23. The van der Waals surface area contributed by atoms with Crippen LogP contribution in [0.1, 0.15) is 16.7 Å². The van der Waals surface area contributed by atoms with Crippen molar-refractivity contribution in [2.45, 2.75) is 18.2 Å². The maximum absolute atomic E-state index is 13.1. The Hall–Kier alpha value is -2.17. The summed E-state index contributed by atoms with van der Waals surface area (Å²) >= 11 is 3.41. The highest BCUT2D eigenvalue weighted by Crippen LogP contribution is 2.34. The lowest BCUT2D eigenvalue weighted by molar-refractivity contribution is 0.604. The molecule has 0 atom stereocenters. The predicted octanol–water partition coefficient (Wildman–Crippen LogP) is 5.78. The highest BCUT2D eigenvalue weighted by atomic mass is 79.9. The second kappa shape index (κ2) is 8.02. The zero-order valence-electron chi connectivity index (χ0n) is 14.4. The summed E-state index contributed by atoms with van der Waals surface area (Å²) in [6.07, 6.45) is 0.524. The smallest absolute Gasteiger partial charge is 0.213 e. The van der Waals surface area contributed by atoms with E-state index < -0.39 is 9.84 Å². The molecule has 0 radical (unpaired) electrons. The van der Waals surface area contributed by atoms with Gasteiger partial charge in [0.05, 0.1) is 4.90 Å². The van der Waals surface area contributed by atoms with E-state index in [9.17, 15) is 8.42 Å². The minimum atomic E-state index is -3.63. The molecule has 26 heavy (non-hydrogen) atoms. The van der Waals surface area contributed by atoms with Crippen molar-refractivity contribution in [2.24, 2.45) is 0 Å². The van der Waals surface area contributed by atoms with Crippen LogP contribution in [0.25, 0.3) is 5.57 Å². The summed E-state index contributed by atoms with van der Waals surface area (Å²) in [7, 11) is -3.63. The number of hydrogen-bond acceptors (Lipinski definition) is 2. The van der Waals surface area contributed by atoms with Gasteiger partial charge in [-0.3, -0.25) is 0 Å². The van der Waals surface area contributed by atoms with Gasteiger partial charge >= 0.3 is 0 Å². The fourth-order valence-corrected chi connectivity index (χ4v) is 4.85. The first-order chi connectivity index (χ1) is 12.5. The van der Waals surface area contributed by atoms with Gasteiger partial charge in [-0.25, -0.2) is 8.42 Å². The third kappa shape index (κ3) is 4.14. The summed E-state index contributed by atoms with van der Waals surface area (Å²) in [6.45, 7) is 1.94. The zero-order chi connectivity index (χ0) is 18.6. The standard InChI is InChI=1S/C22H19BrO2S/c1-17-12-14-20(15-13-17)26(24,25)22(23)21(19-10-6-3-7-11-19)16-18-8-4-2-5-9-18/h2-15H,16H2,1H3/b22-21-. The van der Waals surface area contributed by atoms with Crippen molar-refractivity contribution < 1.29 is 8.42 Å². The normalized spacial score (nSPS) is 12.5. The zero-order valence-corrected chi connectivity index (χ0v) is 16.8. The molecule has 3 aromatic rings. The average molecular weight is 427 g/mol. The lowest BCUT2D eigenvalue weighted by atomic mass is 10.00.